The van der Waals surface area contributed by atoms with Crippen LogP contribution in [0.1, 0.15) is 24.0 Å². The highest BCUT2D eigenvalue weighted by atomic mass is 19.1. The first-order chi connectivity index (χ1) is 9.66. The predicted octanol–water partition coefficient (Wildman–Crippen LogP) is 3.52. The Morgan fingerprint density at radius 1 is 1.20 bits per heavy atom. The fourth-order valence-electron chi connectivity index (χ4n) is 1.89. The number of allylic oxidation sites excluding steroid dienone is 1. The van der Waals surface area contributed by atoms with Crippen molar-refractivity contribution < 1.29 is 14.3 Å². The summed E-state index contributed by atoms with van der Waals surface area (Å²) in [5, 5.41) is 8.71. The maximum atomic E-state index is 13.0. The Balaban J connectivity index is 2.34. The second kappa shape index (κ2) is 6.61. The van der Waals surface area contributed by atoms with Gasteiger partial charge in [-0.1, -0.05) is 24.3 Å². The van der Waals surface area contributed by atoms with Crippen molar-refractivity contribution in [3.8, 4) is 0 Å². The molecule has 2 aromatic rings. The Morgan fingerprint density at radius 2 is 1.95 bits per heavy atom. The molecule has 0 aliphatic carbocycles. The lowest BCUT2D eigenvalue weighted by Crippen LogP contribution is -1.94. The summed E-state index contributed by atoms with van der Waals surface area (Å²) in [6.07, 6.45) is 5.69. The largest absolute Gasteiger partial charge is 0.481 e. The number of hydrogen-bond acceptors (Lipinski definition) is 2. The summed E-state index contributed by atoms with van der Waals surface area (Å²) in [4.78, 5) is 14.7. The third kappa shape index (κ3) is 3.75. The van der Waals surface area contributed by atoms with Crippen LogP contribution in [-0.2, 0) is 4.79 Å². The van der Waals surface area contributed by atoms with E-state index in [1.54, 1.807) is 24.5 Å². The molecule has 1 N–H and O–H groups in total. The molecule has 0 aliphatic rings. The van der Waals surface area contributed by atoms with E-state index in [9.17, 15) is 9.18 Å². The molecular weight excluding hydrogens is 257 g/mol. The molecule has 20 heavy (non-hydrogen) atoms. The van der Waals surface area contributed by atoms with Crippen molar-refractivity contribution in [1.82, 2.24) is 4.98 Å². The Hall–Kier alpha value is -2.49. The van der Waals surface area contributed by atoms with Gasteiger partial charge in [0.15, 0.2) is 0 Å². The molecule has 0 unspecified atom stereocenters. The van der Waals surface area contributed by atoms with Crippen molar-refractivity contribution in [2.75, 3.05) is 0 Å². The van der Waals surface area contributed by atoms with Gasteiger partial charge in [0.1, 0.15) is 5.82 Å². The molecule has 2 rings (SSSR count). The number of aromatic nitrogens is 1. The van der Waals surface area contributed by atoms with Crippen LogP contribution in [-0.4, -0.2) is 16.1 Å². The van der Waals surface area contributed by atoms with E-state index in [2.05, 4.69) is 4.98 Å². The minimum absolute atomic E-state index is 0.0605. The average molecular weight is 271 g/mol. The van der Waals surface area contributed by atoms with E-state index in [0.29, 0.717) is 6.42 Å². The van der Waals surface area contributed by atoms with E-state index in [4.69, 9.17) is 5.11 Å². The van der Waals surface area contributed by atoms with Crippen LogP contribution in [0.2, 0.25) is 0 Å². The van der Waals surface area contributed by atoms with Crippen LogP contribution in [0.4, 0.5) is 4.39 Å². The zero-order valence-electron chi connectivity index (χ0n) is 10.8. The van der Waals surface area contributed by atoms with Gasteiger partial charge >= 0.3 is 5.97 Å². The Bertz CT molecular complexity index is 606. The van der Waals surface area contributed by atoms with E-state index < -0.39 is 5.97 Å². The van der Waals surface area contributed by atoms with E-state index in [1.807, 2.05) is 18.2 Å². The first-order valence-corrected chi connectivity index (χ1v) is 6.25. The summed E-state index contributed by atoms with van der Waals surface area (Å²) in [7, 11) is 0. The van der Waals surface area contributed by atoms with Gasteiger partial charge in [0.05, 0.1) is 0 Å². The number of pyridine rings is 1. The van der Waals surface area contributed by atoms with Crippen LogP contribution < -0.4 is 0 Å². The van der Waals surface area contributed by atoms with Gasteiger partial charge in [0.2, 0.25) is 0 Å². The number of rotatable bonds is 5. The van der Waals surface area contributed by atoms with Gasteiger partial charge in [-0.3, -0.25) is 9.78 Å². The van der Waals surface area contributed by atoms with Crippen LogP contribution in [0, 0.1) is 5.82 Å². The standard InChI is InChI=1S/C16H14FNO2/c17-14-8-6-12(7-9-14)15(4-1-5-16(19)20)13-3-2-10-18-11-13/h2-4,6-11H,1,5H2,(H,19,20). The molecule has 4 heteroatoms. The molecule has 0 radical (unpaired) electrons. The Labute approximate surface area is 116 Å². The number of hydrogen-bond donors (Lipinski definition) is 1. The lowest BCUT2D eigenvalue weighted by atomic mass is 9.98. The molecule has 0 fully saturated rings. The summed E-state index contributed by atoms with van der Waals surface area (Å²) in [5.41, 5.74) is 2.58. The Morgan fingerprint density at radius 3 is 2.55 bits per heavy atom. The second-order valence-corrected chi connectivity index (χ2v) is 4.30. The number of carboxylic acid groups (broad SMARTS) is 1. The van der Waals surface area contributed by atoms with E-state index in [0.717, 1.165) is 16.7 Å². The van der Waals surface area contributed by atoms with Crippen molar-refractivity contribution >= 4 is 11.5 Å². The zero-order chi connectivity index (χ0) is 14.4. The molecular formula is C16H14FNO2. The van der Waals surface area contributed by atoms with Gasteiger partial charge in [-0.25, -0.2) is 4.39 Å². The predicted molar refractivity (Wildman–Crippen MR) is 74.6 cm³/mol. The highest BCUT2D eigenvalue weighted by Crippen LogP contribution is 2.23. The molecule has 1 heterocycles. The van der Waals surface area contributed by atoms with E-state index in [1.165, 1.54) is 12.1 Å². The van der Waals surface area contributed by atoms with Gasteiger partial charge in [-0.15, -0.1) is 0 Å². The molecule has 0 bridgehead atoms. The summed E-state index contributed by atoms with van der Waals surface area (Å²) in [6.45, 7) is 0. The zero-order valence-corrected chi connectivity index (χ0v) is 10.8. The third-order valence-corrected chi connectivity index (χ3v) is 2.83. The van der Waals surface area contributed by atoms with Crippen LogP contribution >= 0.6 is 0 Å². The summed E-state index contributed by atoms with van der Waals surface area (Å²) < 4.78 is 13.0. The minimum Gasteiger partial charge on any atom is -0.481 e. The van der Waals surface area contributed by atoms with Gasteiger partial charge in [0.25, 0.3) is 0 Å². The Kier molecular flexibility index (Phi) is 4.60. The highest BCUT2D eigenvalue weighted by molar-refractivity contribution is 5.79. The number of halogens is 1. The molecule has 0 atom stereocenters. The van der Waals surface area contributed by atoms with E-state index >= 15 is 0 Å². The third-order valence-electron chi connectivity index (χ3n) is 2.83. The maximum Gasteiger partial charge on any atom is 0.303 e. The number of nitrogens with zero attached hydrogens (tertiary/aromatic N) is 1. The second-order valence-electron chi connectivity index (χ2n) is 4.30. The molecule has 0 amide bonds. The van der Waals surface area contributed by atoms with Gasteiger partial charge < -0.3 is 5.11 Å². The molecule has 1 aromatic heterocycles. The summed E-state index contributed by atoms with van der Waals surface area (Å²) in [6, 6.07) is 9.82. The number of aliphatic carboxylic acids is 1. The van der Waals surface area contributed by atoms with Gasteiger partial charge in [-0.2, -0.15) is 0 Å². The fraction of sp³-hybridized carbons (Fsp3) is 0.125. The molecule has 102 valence electrons. The van der Waals surface area contributed by atoms with Crippen molar-refractivity contribution in [3.63, 3.8) is 0 Å². The number of carbonyl (C=O) groups is 1. The van der Waals surface area contributed by atoms with Crippen molar-refractivity contribution in [2.24, 2.45) is 0 Å². The SMILES string of the molecule is O=C(O)CCC=C(c1ccc(F)cc1)c1cccnc1. The van der Waals surface area contributed by atoms with Crippen LogP contribution in [0.5, 0.6) is 0 Å². The molecule has 0 saturated carbocycles. The molecule has 3 nitrogen and oxygen atoms in total. The van der Waals surface area contributed by atoms with Crippen LogP contribution in [0.15, 0.2) is 54.9 Å². The van der Waals surface area contributed by atoms with E-state index in [-0.39, 0.29) is 12.2 Å². The molecule has 0 aliphatic heterocycles. The number of benzene rings is 1. The fourth-order valence-corrected chi connectivity index (χ4v) is 1.89. The van der Waals surface area contributed by atoms with Crippen molar-refractivity contribution in [3.05, 3.63) is 71.8 Å². The number of carboxylic acids is 1. The van der Waals surface area contributed by atoms with Crippen molar-refractivity contribution in [1.29, 1.82) is 0 Å². The van der Waals surface area contributed by atoms with Crippen LogP contribution in [0.3, 0.4) is 0 Å². The maximum absolute atomic E-state index is 13.0. The first-order valence-electron chi connectivity index (χ1n) is 6.25. The molecule has 0 spiro atoms. The quantitative estimate of drug-likeness (QED) is 0.905. The molecule has 0 saturated heterocycles. The van der Waals surface area contributed by atoms with Crippen LogP contribution in [0.25, 0.3) is 5.57 Å². The average Bonchev–Trinajstić information content (AvgIpc) is 2.46. The summed E-state index contributed by atoms with van der Waals surface area (Å²) in [5.74, 6) is -1.14. The topological polar surface area (TPSA) is 50.2 Å². The van der Waals surface area contributed by atoms with Gasteiger partial charge in [-0.05, 0) is 35.8 Å². The van der Waals surface area contributed by atoms with Crippen molar-refractivity contribution in [2.45, 2.75) is 12.8 Å². The van der Waals surface area contributed by atoms with Gasteiger partial charge in [0, 0.05) is 24.4 Å². The summed E-state index contributed by atoms with van der Waals surface area (Å²) >= 11 is 0. The lowest BCUT2D eigenvalue weighted by molar-refractivity contribution is -0.136. The first kappa shape index (κ1) is 13.9. The monoisotopic (exact) mass is 271 g/mol. The smallest absolute Gasteiger partial charge is 0.303 e. The normalized spacial score (nSPS) is 11.3. The minimum atomic E-state index is -0.842. The highest BCUT2D eigenvalue weighted by Gasteiger charge is 2.06. The molecule has 1 aromatic carbocycles. The lowest BCUT2D eigenvalue weighted by Gasteiger charge is -2.08.